The molecule has 0 bridgehead atoms. The van der Waals surface area contributed by atoms with E-state index in [2.05, 4.69) is 4.90 Å². The second kappa shape index (κ2) is 4.13. The summed E-state index contributed by atoms with van der Waals surface area (Å²) in [4.78, 5) is 13.5. The number of carbonyl (C=O) groups is 1. The maximum Gasteiger partial charge on any atom is 0.222 e. The number of piperidine rings is 2. The first-order chi connectivity index (χ1) is 5.38. The van der Waals surface area contributed by atoms with Crippen LogP contribution in [0.15, 0.2) is 0 Å². The Kier molecular flexibility index (Phi) is 3.39. The van der Waals surface area contributed by atoms with Gasteiger partial charge in [0.2, 0.25) is 5.91 Å². The van der Waals surface area contributed by atoms with Gasteiger partial charge in [-0.05, 0) is 32.1 Å². The van der Waals surface area contributed by atoms with Crippen molar-refractivity contribution in [3.63, 3.8) is 0 Å². The van der Waals surface area contributed by atoms with Crippen LogP contribution in [0.1, 0.15) is 38.5 Å². The van der Waals surface area contributed by atoms with Crippen molar-refractivity contribution in [3.8, 4) is 0 Å². The fraction of sp³-hybridized carbons (Fsp3) is 0.889. The molecular formula is C9H16ClNO. The van der Waals surface area contributed by atoms with Crippen LogP contribution in [-0.4, -0.2) is 23.4 Å². The Morgan fingerprint density at radius 2 is 1.92 bits per heavy atom. The van der Waals surface area contributed by atoms with E-state index in [0.29, 0.717) is 11.9 Å². The van der Waals surface area contributed by atoms with Crippen LogP contribution in [0.5, 0.6) is 0 Å². The lowest BCUT2D eigenvalue weighted by Gasteiger charge is -2.39. The van der Waals surface area contributed by atoms with Gasteiger partial charge in [0, 0.05) is 19.0 Å². The summed E-state index contributed by atoms with van der Waals surface area (Å²) >= 11 is 0. The van der Waals surface area contributed by atoms with Crippen LogP contribution in [0.25, 0.3) is 0 Å². The minimum Gasteiger partial charge on any atom is -0.340 e. The summed E-state index contributed by atoms with van der Waals surface area (Å²) in [7, 11) is 0. The quantitative estimate of drug-likeness (QED) is 0.571. The van der Waals surface area contributed by atoms with Gasteiger partial charge in [-0.25, -0.2) is 0 Å². The predicted molar refractivity (Wildman–Crippen MR) is 50.5 cm³/mol. The van der Waals surface area contributed by atoms with Crippen molar-refractivity contribution in [1.82, 2.24) is 4.90 Å². The Balaban J connectivity index is 0.000000720. The fourth-order valence-corrected chi connectivity index (χ4v) is 2.26. The molecule has 2 fully saturated rings. The van der Waals surface area contributed by atoms with E-state index < -0.39 is 0 Å². The summed E-state index contributed by atoms with van der Waals surface area (Å²) in [5, 5.41) is 0. The highest BCUT2D eigenvalue weighted by atomic mass is 35.5. The number of halogens is 1. The zero-order valence-electron chi connectivity index (χ0n) is 7.29. The van der Waals surface area contributed by atoms with Crippen LogP contribution in [0.4, 0.5) is 0 Å². The largest absolute Gasteiger partial charge is 0.340 e. The van der Waals surface area contributed by atoms with E-state index in [1.165, 1.54) is 25.7 Å². The summed E-state index contributed by atoms with van der Waals surface area (Å²) in [5.41, 5.74) is 0. The molecule has 0 spiro atoms. The van der Waals surface area contributed by atoms with Crippen LogP contribution >= 0.6 is 12.4 Å². The second-order valence-electron chi connectivity index (χ2n) is 3.63. The monoisotopic (exact) mass is 189 g/mol. The molecule has 2 aliphatic heterocycles. The molecule has 2 saturated heterocycles. The molecule has 0 radical (unpaired) electrons. The second-order valence-corrected chi connectivity index (χ2v) is 3.63. The number of amides is 1. The summed E-state index contributed by atoms with van der Waals surface area (Å²) in [5.74, 6) is 0.404. The van der Waals surface area contributed by atoms with Crippen molar-refractivity contribution in [3.05, 3.63) is 0 Å². The lowest BCUT2D eigenvalue weighted by atomic mass is 9.93. The Morgan fingerprint density at radius 1 is 1.17 bits per heavy atom. The highest BCUT2D eigenvalue weighted by molar-refractivity contribution is 5.85. The molecule has 70 valence electrons. The Hall–Kier alpha value is -0.240. The summed E-state index contributed by atoms with van der Waals surface area (Å²) in [6.07, 6.45) is 6.99. The van der Waals surface area contributed by atoms with Gasteiger partial charge in [-0.3, -0.25) is 4.79 Å². The minimum atomic E-state index is 0. The molecule has 2 rings (SSSR count). The third-order valence-corrected chi connectivity index (χ3v) is 2.88. The maximum absolute atomic E-state index is 11.4. The molecular weight excluding hydrogens is 174 g/mol. The molecule has 2 heterocycles. The minimum absolute atomic E-state index is 0. The first kappa shape index (κ1) is 9.85. The van der Waals surface area contributed by atoms with Crippen molar-refractivity contribution < 1.29 is 4.79 Å². The van der Waals surface area contributed by atoms with Gasteiger partial charge in [-0.15, -0.1) is 12.4 Å². The standard InChI is InChI=1S/C9H15NO.ClH/c11-9-6-3-5-8-4-1-2-7-10(8)9;/h8H,1-7H2;1H. The molecule has 0 aromatic rings. The first-order valence-electron chi connectivity index (χ1n) is 4.67. The maximum atomic E-state index is 11.4. The van der Waals surface area contributed by atoms with Gasteiger partial charge in [-0.2, -0.15) is 0 Å². The van der Waals surface area contributed by atoms with Crippen LogP contribution in [-0.2, 0) is 4.79 Å². The van der Waals surface area contributed by atoms with Gasteiger partial charge in [0.1, 0.15) is 0 Å². The smallest absolute Gasteiger partial charge is 0.222 e. The van der Waals surface area contributed by atoms with Gasteiger partial charge >= 0.3 is 0 Å². The summed E-state index contributed by atoms with van der Waals surface area (Å²) in [6, 6.07) is 0.616. The fourth-order valence-electron chi connectivity index (χ4n) is 2.26. The molecule has 2 aliphatic rings. The van der Waals surface area contributed by atoms with E-state index in [1.807, 2.05) is 0 Å². The van der Waals surface area contributed by atoms with Gasteiger partial charge in [0.05, 0.1) is 0 Å². The van der Waals surface area contributed by atoms with E-state index in [-0.39, 0.29) is 12.4 Å². The van der Waals surface area contributed by atoms with E-state index in [4.69, 9.17) is 0 Å². The molecule has 2 nitrogen and oxygen atoms in total. The molecule has 12 heavy (non-hydrogen) atoms. The lowest BCUT2D eigenvalue weighted by molar-refractivity contribution is -0.137. The third-order valence-electron chi connectivity index (χ3n) is 2.88. The molecule has 0 aliphatic carbocycles. The number of rotatable bonds is 0. The Morgan fingerprint density at radius 3 is 2.67 bits per heavy atom. The highest BCUT2D eigenvalue weighted by Crippen LogP contribution is 2.26. The number of hydrogen-bond acceptors (Lipinski definition) is 1. The molecule has 1 atom stereocenters. The number of fused-ring (bicyclic) bond motifs is 1. The average molecular weight is 190 g/mol. The SMILES string of the molecule is Cl.O=C1CCCC2CCCCN12. The molecule has 0 aromatic heterocycles. The first-order valence-corrected chi connectivity index (χ1v) is 4.67. The van der Waals surface area contributed by atoms with Gasteiger partial charge in [-0.1, -0.05) is 0 Å². The zero-order valence-corrected chi connectivity index (χ0v) is 8.11. The topological polar surface area (TPSA) is 20.3 Å². The predicted octanol–water partition coefficient (Wildman–Crippen LogP) is 1.97. The molecule has 0 aromatic carbocycles. The number of nitrogens with zero attached hydrogens (tertiary/aromatic N) is 1. The highest BCUT2D eigenvalue weighted by Gasteiger charge is 2.29. The van der Waals surface area contributed by atoms with Crippen LogP contribution in [0.2, 0.25) is 0 Å². The Bertz CT molecular complexity index is 170. The van der Waals surface area contributed by atoms with Crippen molar-refractivity contribution in [2.75, 3.05) is 6.54 Å². The molecule has 0 saturated carbocycles. The van der Waals surface area contributed by atoms with Crippen LogP contribution in [0.3, 0.4) is 0 Å². The van der Waals surface area contributed by atoms with Gasteiger partial charge < -0.3 is 4.90 Å². The summed E-state index contributed by atoms with van der Waals surface area (Å²) in [6.45, 7) is 1.03. The normalized spacial score (nSPS) is 29.2. The molecule has 1 unspecified atom stereocenters. The molecule has 1 amide bonds. The van der Waals surface area contributed by atoms with E-state index in [9.17, 15) is 4.79 Å². The van der Waals surface area contributed by atoms with E-state index in [1.54, 1.807) is 0 Å². The van der Waals surface area contributed by atoms with Crippen molar-refractivity contribution in [2.24, 2.45) is 0 Å². The van der Waals surface area contributed by atoms with Crippen molar-refractivity contribution >= 4 is 18.3 Å². The average Bonchev–Trinajstić information content (AvgIpc) is 2.06. The number of hydrogen-bond donors (Lipinski definition) is 0. The zero-order chi connectivity index (χ0) is 7.68. The van der Waals surface area contributed by atoms with Gasteiger partial charge in [0.15, 0.2) is 0 Å². The molecule has 3 heteroatoms. The van der Waals surface area contributed by atoms with Crippen molar-refractivity contribution in [1.29, 1.82) is 0 Å². The van der Waals surface area contributed by atoms with E-state index >= 15 is 0 Å². The van der Waals surface area contributed by atoms with Crippen molar-refractivity contribution in [2.45, 2.75) is 44.6 Å². The third kappa shape index (κ3) is 1.74. The molecule has 0 N–H and O–H groups in total. The van der Waals surface area contributed by atoms with Crippen LogP contribution < -0.4 is 0 Å². The Labute approximate surface area is 79.7 Å². The van der Waals surface area contributed by atoms with E-state index in [0.717, 1.165) is 19.4 Å². The van der Waals surface area contributed by atoms with Crippen LogP contribution in [0, 0.1) is 0 Å². The van der Waals surface area contributed by atoms with Gasteiger partial charge in [0.25, 0.3) is 0 Å². The lowest BCUT2D eigenvalue weighted by Crippen LogP contribution is -2.46. The summed E-state index contributed by atoms with van der Waals surface area (Å²) < 4.78 is 0. The number of carbonyl (C=O) groups excluding carboxylic acids is 1.